The molecule has 0 spiro atoms. The van der Waals surface area contributed by atoms with Crippen molar-refractivity contribution in [3.8, 4) is 5.75 Å². The van der Waals surface area contributed by atoms with E-state index in [1.807, 2.05) is 24.3 Å². The van der Waals surface area contributed by atoms with Crippen LogP contribution in [-0.4, -0.2) is 44.4 Å². The van der Waals surface area contributed by atoms with E-state index in [-0.39, 0.29) is 18.6 Å². The first-order chi connectivity index (χ1) is 9.78. The van der Waals surface area contributed by atoms with Gasteiger partial charge in [-0.3, -0.25) is 4.90 Å². The highest BCUT2D eigenvalue weighted by molar-refractivity contribution is 5.36. The second-order valence-electron chi connectivity index (χ2n) is 5.22. The van der Waals surface area contributed by atoms with Crippen LogP contribution in [0.3, 0.4) is 0 Å². The molecule has 21 heavy (non-hydrogen) atoms. The Hall–Kier alpha value is -1.27. The lowest BCUT2D eigenvalue weighted by atomic mass is 10.0. The zero-order valence-corrected chi connectivity index (χ0v) is 12.9. The number of likely N-dealkylation sites (N-methyl/N-ethyl adjacent to an activating group) is 1. The molecule has 0 radical (unpaired) electrons. The van der Waals surface area contributed by atoms with Gasteiger partial charge in [-0.2, -0.15) is 13.2 Å². The van der Waals surface area contributed by atoms with Crippen LogP contribution in [0.2, 0.25) is 0 Å². The van der Waals surface area contributed by atoms with Crippen LogP contribution in [0.25, 0.3) is 0 Å². The molecule has 1 aromatic carbocycles. The van der Waals surface area contributed by atoms with E-state index in [1.165, 1.54) is 4.90 Å². The normalized spacial score (nSPS) is 13.8. The predicted molar refractivity (Wildman–Crippen MR) is 77.6 cm³/mol. The molecular formula is C15H23F3N2O. The van der Waals surface area contributed by atoms with E-state index in [1.54, 1.807) is 28.0 Å². The molecule has 0 bridgehead atoms. The number of ether oxygens (including phenoxy) is 1. The zero-order chi connectivity index (χ0) is 16.0. The highest BCUT2D eigenvalue weighted by Crippen LogP contribution is 2.27. The summed E-state index contributed by atoms with van der Waals surface area (Å²) in [6, 6.07) is 6.94. The van der Waals surface area contributed by atoms with E-state index < -0.39 is 12.7 Å². The number of nitrogens with one attached hydrogen (secondary N) is 1. The van der Waals surface area contributed by atoms with E-state index in [0.717, 1.165) is 5.56 Å². The van der Waals surface area contributed by atoms with Gasteiger partial charge in [0.1, 0.15) is 5.75 Å². The molecule has 3 nitrogen and oxygen atoms in total. The van der Waals surface area contributed by atoms with E-state index >= 15 is 0 Å². The highest BCUT2D eigenvalue weighted by atomic mass is 19.4. The Morgan fingerprint density at radius 3 is 2.33 bits per heavy atom. The van der Waals surface area contributed by atoms with Crippen LogP contribution < -0.4 is 10.1 Å². The monoisotopic (exact) mass is 304 g/mol. The third-order valence-electron chi connectivity index (χ3n) is 3.39. The third-order valence-corrected chi connectivity index (χ3v) is 3.39. The summed E-state index contributed by atoms with van der Waals surface area (Å²) < 4.78 is 43.3. The van der Waals surface area contributed by atoms with Crippen molar-refractivity contribution in [2.24, 2.45) is 0 Å². The van der Waals surface area contributed by atoms with Gasteiger partial charge in [0.15, 0.2) is 0 Å². The first-order valence-electron chi connectivity index (χ1n) is 6.89. The molecule has 6 heteroatoms. The zero-order valence-electron chi connectivity index (χ0n) is 12.9. The van der Waals surface area contributed by atoms with Crippen molar-refractivity contribution in [2.75, 3.05) is 27.2 Å². The van der Waals surface area contributed by atoms with Crippen LogP contribution in [0.4, 0.5) is 13.2 Å². The molecule has 1 N–H and O–H groups in total. The molecule has 1 rings (SSSR count). The average molecular weight is 304 g/mol. The topological polar surface area (TPSA) is 24.5 Å². The van der Waals surface area contributed by atoms with Gasteiger partial charge in [0.2, 0.25) is 0 Å². The molecule has 0 heterocycles. The Bertz CT molecular complexity index is 435. The highest BCUT2D eigenvalue weighted by Gasteiger charge is 2.33. The van der Waals surface area contributed by atoms with Gasteiger partial charge in [-0.15, -0.1) is 0 Å². The minimum absolute atomic E-state index is 0.197. The van der Waals surface area contributed by atoms with Crippen molar-refractivity contribution in [3.05, 3.63) is 29.8 Å². The summed E-state index contributed by atoms with van der Waals surface area (Å²) in [6.07, 6.45) is -4.21. The molecule has 0 aliphatic heterocycles. The van der Waals surface area contributed by atoms with E-state index in [0.29, 0.717) is 5.75 Å². The summed E-state index contributed by atoms with van der Waals surface area (Å²) in [7, 11) is 3.30. The van der Waals surface area contributed by atoms with Gasteiger partial charge in [-0.25, -0.2) is 0 Å². The molecule has 0 saturated carbocycles. The summed E-state index contributed by atoms with van der Waals surface area (Å²) >= 11 is 0. The van der Waals surface area contributed by atoms with E-state index in [9.17, 15) is 13.2 Å². The molecule has 1 unspecified atom stereocenters. The van der Waals surface area contributed by atoms with Crippen LogP contribution in [-0.2, 0) is 0 Å². The predicted octanol–water partition coefficient (Wildman–Crippen LogP) is 3.23. The summed E-state index contributed by atoms with van der Waals surface area (Å²) in [5.74, 6) is 0.674. The van der Waals surface area contributed by atoms with Gasteiger partial charge >= 0.3 is 6.18 Å². The molecule has 120 valence electrons. The van der Waals surface area contributed by atoms with Gasteiger partial charge in [-0.1, -0.05) is 18.2 Å². The van der Waals surface area contributed by atoms with Crippen molar-refractivity contribution < 1.29 is 17.9 Å². The van der Waals surface area contributed by atoms with Crippen LogP contribution in [0, 0.1) is 0 Å². The largest absolute Gasteiger partial charge is 0.496 e. The molecule has 0 aromatic heterocycles. The van der Waals surface area contributed by atoms with Crippen LogP contribution >= 0.6 is 0 Å². The number of methoxy groups -OCH3 is 1. The lowest BCUT2D eigenvalue weighted by Crippen LogP contribution is -2.43. The number of halogens is 3. The molecule has 0 amide bonds. The molecule has 0 aliphatic rings. The first kappa shape index (κ1) is 17.8. The number of alkyl halides is 3. The standard InChI is InChI=1S/C15H23F3N2O/c1-11(2)20(10-15(16,17)18)9-13(19-3)12-7-5-6-8-14(12)21-4/h5-8,11,13,19H,9-10H2,1-4H3. The second kappa shape index (κ2) is 7.66. The molecule has 0 fully saturated rings. The fraction of sp³-hybridized carbons (Fsp3) is 0.600. The van der Waals surface area contributed by atoms with Gasteiger partial charge < -0.3 is 10.1 Å². The quantitative estimate of drug-likeness (QED) is 0.837. The Kier molecular flexibility index (Phi) is 6.48. The lowest BCUT2D eigenvalue weighted by molar-refractivity contribution is -0.150. The summed E-state index contributed by atoms with van der Waals surface area (Å²) in [4.78, 5) is 1.41. The van der Waals surface area contributed by atoms with Gasteiger partial charge in [0.25, 0.3) is 0 Å². The van der Waals surface area contributed by atoms with Crippen molar-refractivity contribution in [1.82, 2.24) is 10.2 Å². The Morgan fingerprint density at radius 2 is 1.86 bits per heavy atom. The van der Waals surface area contributed by atoms with Crippen molar-refractivity contribution in [3.63, 3.8) is 0 Å². The Labute approximate surface area is 124 Å². The lowest BCUT2D eigenvalue weighted by Gasteiger charge is -2.31. The molecule has 0 aliphatic carbocycles. The van der Waals surface area contributed by atoms with Crippen molar-refractivity contribution in [1.29, 1.82) is 0 Å². The smallest absolute Gasteiger partial charge is 0.401 e. The van der Waals surface area contributed by atoms with Gasteiger partial charge in [0.05, 0.1) is 13.7 Å². The van der Waals surface area contributed by atoms with Crippen molar-refractivity contribution >= 4 is 0 Å². The fourth-order valence-corrected chi connectivity index (χ4v) is 2.22. The third kappa shape index (κ3) is 5.55. The van der Waals surface area contributed by atoms with E-state index in [4.69, 9.17) is 4.74 Å². The minimum atomic E-state index is -4.21. The number of hydrogen-bond donors (Lipinski definition) is 1. The first-order valence-corrected chi connectivity index (χ1v) is 6.89. The Morgan fingerprint density at radius 1 is 1.24 bits per heavy atom. The van der Waals surface area contributed by atoms with Crippen LogP contribution in [0.1, 0.15) is 25.5 Å². The summed E-state index contributed by atoms with van der Waals surface area (Å²) in [5.41, 5.74) is 0.857. The van der Waals surface area contributed by atoms with Gasteiger partial charge in [-0.05, 0) is 27.0 Å². The van der Waals surface area contributed by atoms with Gasteiger partial charge in [0, 0.05) is 24.2 Å². The SMILES string of the molecule is CNC(CN(CC(F)(F)F)C(C)C)c1ccccc1OC. The van der Waals surface area contributed by atoms with Crippen molar-refractivity contribution in [2.45, 2.75) is 32.1 Å². The maximum absolute atomic E-state index is 12.7. The summed E-state index contributed by atoms with van der Waals surface area (Å²) in [5, 5.41) is 3.08. The molecular weight excluding hydrogens is 281 g/mol. The maximum Gasteiger partial charge on any atom is 0.401 e. The van der Waals surface area contributed by atoms with Crippen LogP contribution in [0.5, 0.6) is 5.75 Å². The number of hydrogen-bond acceptors (Lipinski definition) is 3. The fourth-order valence-electron chi connectivity index (χ4n) is 2.22. The number of nitrogens with zero attached hydrogens (tertiary/aromatic N) is 1. The van der Waals surface area contributed by atoms with Crippen LogP contribution in [0.15, 0.2) is 24.3 Å². The Balaban J connectivity index is 2.93. The minimum Gasteiger partial charge on any atom is -0.496 e. The number of rotatable bonds is 7. The van der Waals surface area contributed by atoms with E-state index in [2.05, 4.69) is 5.32 Å². The second-order valence-corrected chi connectivity index (χ2v) is 5.22. The molecule has 1 aromatic rings. The molecule has 0 saturated heterocycles. The average Bonchev–Trinajstić information content (AvgIpc) is 2.42. The summed E-state index contributed by atoms with van der Waals surface area (Å²) in [6.45, 7) is 2.87. The number of benzene rings is 1. The molecule has 1 atom stereocenters. The number of para-hydroxylation sites is 1. The maximum atomic E-state index is 12.7.